The summed E-state index contributed by atoms with van der Waals surface area (Å²) in [6.07, 6.45) is 1.81. The molecule has 0 saturated carbocycles. The molecular formula is C13H15BrN2S. The van der Waals surface area contributed by atoms with E-state index in [0.29, 0.717) is 0 Å². The van der Waals surface area contributed by atoms with Crippen LogP contribution in [0.2, 0.25) is 0 Å². The lowest BCUT2D eigenvalue weighted by Gasteiger charge is -2.14. The normalized spacial score (nSPS) is 12.5. The van der Waals surface area contributed by atoms with Gasteiger partial charge in [0.2, 0.25) is 0 Å². The van der Waals surface area contributed by atoms with E-state index >= 15 is 0 Å². The van der Waals surface area contributed by atoms with Crippen molar-refractivity contribution in [2.45, 2.75) is 26.8 Å². The fraction of sp³-hybridized carbons (Fsp3) is 0.308. The number of anilines is 1. The van der Waals surface area contributed by atoms with E-state index in [0.717, 1.165) is 10.3 Å². The topological polar surface area (TPSA) is 24.9 Å². The monoisotopic (exact) mass is 310 g/mol. The lowest BCUT2D eigenvalue weighted by Crippen LogP contribution is -2.07. The Kier molecular flexibility index (Phi) is 3.84. The summed E-state index contributed by atoms with van der Waals surface area (Å²) in [7, 11) is 0. The summed E-state index contributed by atoms with van der Waals surface area (Å²) in [5, 5.41) is 3.41. The van der Waals surface area contributed by atoms with Crippen molar-refractivity contribution in [3.63, 3.8) is 0 Å². The molecule has 2 aromatic heterocycles. The Bertz CT molecular complexity index is 505. The molecular weight excluding hydrogens is 296 g/mol. The van der Waals surface area contributed by atoms with Crippen molar-refractivity contribution in [2.24, 2.45) is 0 Å². The van der Waals surface area contributed by atoms with Crippen molar-refractivity contribution in [1.29, 1.82) is 0 Å². The molecule has 2 heterocycles. The summed E-state index contributed by atoms with van der Waals surface area (Å²) in [5.74, 6) is 0.906. The maximum atomic E-state index is 4.33. The van der Waals surface area contributed by atoms with Gasteiger partial charge in [0.25, 0.3) is 0 Å². The zero-order valence-electron chi connectivity index (χ0n) is 10.1. The van der Waals surface area contributed by atoms with Crippen LogP contribution in [0.3, 0.4) is 0 Å². The molecule has 0 aliphatic rings. The number of nitrogens with zero attached hydrogens (tertiary/aromatic N) is 1. The van der Waals surface area contributed by atoms with Crippen LogP contribution < -0.4 is 5.32 Å². The van der Waals surface area contributed by atoms with Crippen LogP contribution in [0.25, 0.3) is 0 Å². The highest BCUT2D eigenvalue weighted by Gasteiger charge is 2.11. The molecule has 0 bridgehead atoms. The molecule has 4 heteroatoms. The minimum absolute atomic E-state index is 0.286. The summed E-state index contributed by atoms with van der Waals surface area (Å²) in [5.41, 5.74) is 1.36. The minimum Gasteiger partial charge on any atom is -0.364 e. The van der Waals surface area contributed by atoms with Crippen LogP contribution in [0.1, 0.15) is 28.3 Å². The van der Waals surface area contributed by atoms with Crippen LogP contribution in [0.15, 0.2) is 28.9 Å². The van der Waals surface area contributed by atoms with Gasteiger partial charge in [0, 0.05) is 20.4 Å². The number of hydrogen-bond acceptors (Lipinski definition) is 3. The van der Waals surface area contributed by atoms with Crippen LogP contribution in [0, 0.1) is 13.8 Å². The van der Waals surface area contributed by atoms with Gasteiger partial charge in [0.05, 0.1) is 6.04 Å². The molecule has 0 spiro atoms. The number of halogens is 1. The van der Waals surface area contributed by atoms with Gasteiger partial charge >= 0.3 is 0 Å². The lowest BCUT2D eigenvalue weighted by atomic mass is 10.1. The third kappa shape index (κ3) is 3.07. The molecule has 2 nitrogen and oxygen atoms in total. The number of rotatable bonds is 3. The van der Waals surface area contributed by atoms with E-state index < -0.39 is 0 Å². The average molecular weight is 311 g/mol. The fourth-order valence-corrected chi connectivity index (χ4v) is 3.10. The molecule has 1 unspecified atom stereocenters. The number of hydrogen-bond donors (Lipinski definition) is 1. The second-order valence-electron chi connectivity index (χ2n) is 4.10. The largest absolute Gasteiger partial charge is 0.364 e. The Morgan fingerprint density at radius 1 is 1.35 bits per heavy atom. The van der Waals surface area contributed by atoms with Gasteiger partial charge in [-0.1, -0.05) is 0 Å². The molecule has 2 rings (SSSR count). The predicted octanol–water partition coefficient (Wildman–Crippen LogP) is 4.70. The van der Waals surface area contributed by atoms with Crippen LogP contribution in [-0.2, 0) is 0 Å². The van der Waals surface area contributed by atoms with Crippen molar-refractivity contribution in [2.75, 3.05) is 5.32 Å². The first-order chi connectivity index (χ1) is 8.06. The van der Waals surface area contributed by atoms with Crippen molar-refractivity contribution in [1.82, 2.24) is 4.98 Å². The quantitative estimate of drug-likeness (QED) is 0.889. The maximum absolute atomic E-state index is 4.33. The van der Waals surface area contributed by atoms with Crippen LogP contribution in [0.4, 0.5) is 5.82 Å². The van der Waals surface area contributed by atoms with Gasteiger partial charge in [-0.25, -0.2) is 4.98 Å². The highest BCUT2D eigenvalue weighted by Crippen LogP contribution is 2.28. The molecule has 0 amide bonds. The molecule has 0 aromatic carbocycles. The zero-order chi connectivity index (χ0) is 12.4. The van der Waals surface area contributed by atoms with E-state index in [-0.39, 0.29) is 6.04 Å². The third-order valence-electron chi connectivity index (χ3n) is 2.64. The highest BCUT2D eigenvalue weighted by molar-refractivity contribution is 9.10. The van der Waals surface area contributed by atoms with Gasteiger partial charge in [0.15, 0.2) is 0 Å². The SMILES string of the molecule is Cc1cc(C(C)Nc2ccc(Br)cn2)c(C)s1. The highest BCUT2D eigenvalue weighted by atomic mass is 79.9. The van der Waals surface area contributed by atoms with Gasteiger partial charge in [0.1, 0.15) is 5.82 Å². The number of aromatic nitrogens is 1. The van der Waals surface area contributed by atoms with Crippen LogP contribution in [-0.4, -0.2) is 4.98 Å². The summed E-state index contributed by atoms with van der Waals surface area (Å²) in [6.45, 7) is 6.48. The van der Waals surface area contributed by atoms with Crippen molar-refractivity contribution >= 4 is 33.1 Å². The Morgan fingerprint density at radius 2 is 2.12 bits per heavy atom. The van der Waals surface area contributed by atoms with Gasteiger partial charge in [-0.2, -0.15) is 0 Å². The molecule has 0 aliphatic heterocycles. The smallest absolute Gasteiger partial charge is 0.126 e. The van der Waals surface area contributed by atoms with E-state index in [1.807, 2.05) is 23.5 Å². The van der Waals surface area contributed by atoms with Crippen LogP contribution >= 0.6 is 27.3 Å². The van der Waals surface area contributed by atoms with Gasteiger partial charge in [-0.15, -0.1) is 11.3 Å². The summed E-state index contributed by atoms with van der Waals surface area (Å²) >= 11 is 5.23. The van der Waals surface area contributed by atoms with E-state index in [1.165, 1.54) is 15.3 Å². The van der Waals surface area contributed by atoms with Crippen molar-refractivity contribution < 1.29 is 0 Å². The van der Waals surface area contributed by atoms with E-state index in [2.05, 4.69) is 53.1 Å². The third-order valence-corrected chi connectivity index (χ3v) is 4.09. The lowest BCUT2D eigenvalue weighted by molar-refractivity contribution is 0.871. The Balaban J connectivity index is 2.14. The number of thiophene rings is 1. The number of nitrogens with one attached hydrogen (secondary N) is 1. The first-order valence-electron chi connectivity index (χ1n) is 5.51. The van der Waals surface area contributed by atoms with E-state index in [1.54, 1.807) is 6.20 Å². The zero-order valence-corrected chi connectivity index (χ0v) is 12.5. The second kappa shape index (κ2) is 5.19. The first-order valence-corrected chi connectivity index (χ1v) is 7.12. The molecule has 0 aliphatic carbocycles. The molecule has 0 saturated heterocycles. The number of aryl methyl sites for hydroxylation is 2. The fourth-order valence-electron chi connectivity index (χ4n) is 1.84. The Morgan fingerprint density at radius 3 is 2.65 bits per heavy atom. The van der Waals surface area contributed by atoms with Crippen LogP contribution in [0.5, 0.6) is 0 Å². The van der Waals surface area contributed by atoms with Crippen molar-refractivity contribution in [3.8, 4) is 0 Å². The summed E-state index contributed by atoms with van der Waals surface area (Å²) in [6, 6.07) is 6.51. The molecule has 2 aromatic rings. The molecule has 0 radical (unpaired) electrons. The number of pyridine rings is 1. The van der Waals surface area contributed by atoms with Crippen molar-refractivity contribution in [3.05, 3.63) is 44.2 Å². The predicted molar refractivity (Wildman–Crippen MR) is 77.8 cm³/mol. The second-order valence-corrected chi connectivity index (χ2v) is 6.47. The first kappa shape index (κ1) is 12.6. The Labute approximate surface area is 114 Å². The Hall–Kier alpha value is -0.870. The molecule has 90 valence electrons. The molecule has 1 atom stereocenters. The molecule has 0 fully saturated rings. The van der Waals surface area contributed by atoms with Gasteiger partial charge < -0.3 is 5.32 Å². The summed E-state index contributed by atoms with van der Waals surface area (Å²) < 4.78 is 0.998. The average Bonchev–Trinajstić information content (AvgIpc) is 2.61. The molecule has 17 heavy (non-hydrogen) atoms. The van der Waals surface area contributed by atoms with Gasteiger partial charge in [-0.3, -0.25) is 0 Å². The molecule has 1 N–H and O–H groups in total. The van der Waals surface area contributed by atoms with E-state index in [4.69, 9.17) is 0 Å². The summed E-state index contributed by atoms with van der Waals surface area (Å²) in [4.78, 5) is 7.06. The maximum Gasteiger partial charge on any atom is 0.126 e. The van der Waals surface area contributed by atoms with E-state index in [9.17, 15) is 0 Å². The minimum atomic E-state index is 0.286. The van der Waals surface area contributed by atoms with Gasteiger partial charge in [-0.05, 0) is 60.5 Å². The standard InChI is InChI=1S/C13H15BrN2S/c1-8-6-12(10(3)17-8)9(2)16-13-5-4-11(14)7-15-13/h4-7,9H,1-3H3,(H,15,16).